The number of nitrogens with zero attached hydrogens (tertiary/aromatic N) is 6. The minimum Gasteiger partial charge on any atom is -0.444 e. The van der Waals surface area contributed by atoms with E-state index in [-0.39, 0.29) is 0 Å². The first-order valence-electron chi connectivity index (χ1n) is 24.3. The molecule has 22 heteroatoms. The number of carbonyl (C=O) groups excluding carboxylic acids is 4. The third-order valence-corrected chi connectivity index (χ3v) is 13.4. The van der Waals surface area contributed by atoms with Crippen LogP contribution in [0.1, 0.15) is 93.9 Å². The van der Waals surface area contributed by atoms with Gasteiger partial charge in [0.1, 0.15) is 23.8 Å². The van der Waals surface area contributed by atoms with Crippen LogP contribution in [-0.2, 0) is 32.2 Å². The van der Waals surface area contributed by atoms with Gasteiger partial charge in [-0.15, -0.1) is 0 Å². The van der Waals surface area contributed by atoms with Crippen LogP contribution in [0.4, 0.5) is 21.2 Å². The first-order chi connectivity index (χ1) is 35.0. The zero-order chi connectivity index (χ0) is 54.3. The lowest BCUT2D eigenvalue weighted by atomic mass is 9.89. The molecule has 6 rings (SSSR count). The van der Waals surface area contributed by atoms with E-state index in [1.807, 2.05) is 64.5 Å². The van der Waals surface area contributed by atoms with Crippen molar-refractivity contribution in [2.24, 2.45) is 10.8 Å². The average Bonchev–Trinajstić information content (AvgIpc) is 3.92. The Morgan fingerprint density at radius 1 is 0.581 bits per heavy atom. The van der Waals surface area contributed by atoms with Gasteiger partial charge in [0, 0.05) is 23.2 Å². The smallest absolute Gasteiger partial charge is 0.407 e. The molecule has 6 atom stereocenters. The summed E-state index contributed by atoms with van der Waals surface area (Å²) >= 11 is 24.6. The van der Waals surface area contributed by atoms with Crippen molar-refractivity contribution in [2.45, 2.75) is 144 Å². The van der Waals surface area contributed by atoms with E-state index in [2.05, 4.69) is 41.2 Å². The molecule has 0 fully saturated rings. The molecule has 0 spiro atoms. The average molecular weight is 1100 g/mol. The van der Waals surface area contributed by atoms with E-state index in [0.29, 0.717) is 81.5 Å². The summed E-state index contributed by atoms with van der Waals surface area (Å²) in [7, 11) is 0. The van der Waals surface area contributed by atoms with Crippen molar-refractivity contribution in [3.05, 3.63) is 106 Å². The van der Waals surface area contributed by atoms with Crippen LogP contribution in [0.3, 0.4) is 0 Å². The normalized spacial score (nSPS) is 14.1. The number of alkyl carbamates (subject to hydrolysis) is 2. The quantitative estimate of drug-likeness (QED) is 0.0419. The van der Waals surface area contributed by atoms with E-state index in [4.69, 9.17) is 55.9 Å². The van der Waals surface area contributed by atoms with Gasteiger partial charge in [-0.1, -0.05) is 140 Å². The number of amides is 4. The molecule has 6 aromatic rings. The number of aromatic nitrogens is 6. The largest absolute Gasteiger partial charge is 0.444 e. The summed E-state index contributed by atoms with van der Waals surface area (Å²) in [4.78, 5) is 68.1. The number of fused-ring (bicyclic) bond motifs is 2. The van der Waals surface area contributed by atoms with Crippen molar-refractivity contribution in [1.82, 2.24) is 39.7 Å². The standard InChI is InChI=1S/2C26H33Cl2N5O4/c2*1-5-6-9-18(23(34)24(35)32-22-10-7-8-11-29-22)31-25(36)37-21(26(2,3)4)14-33-15-30-19-12-16(27)17(28)13-20(19)33/h2*7-8,10-13,15,18,21,23,34H,5-6,9,14H2,1-4H3,(H,31,36)(H,29,32,35)/t18-,21+,23+;18-,21+,23-/m00/s1. The number of benzene rings is 2. The predicted molar refractivity (Wildman–Crippen MR) is 290 cm³/mol. The molecule has 400 valence electrons. The Balaban J connectivity index is 0.000000274. The van der Waals surface area contributed by atoms with Gasteiger partial charge in [-0.3, -0.25) is 9.59 Å². The molecule has 0 saturated carbocycles. The molecule has 0 aliphatic carbocycles. The minimum absolute atomic E-state index is 0.310. The monoisotopic (exact) mass is 1100 g/mol. The lowest BCUT2D eigenvalue weighted by Crippen LogP contribution is -2.50. The Morgan fingerprint density at radius 3 is 1.27 bits per heavy atom. The SMILES string of the molecule is CCCC[C@H](NC(=O)O[C@H](Cn1cnc2cc(Cl)c(Cl)cc21)C(C)(C)C)[C@@H](O)C(=O)Nc1ccccn1.CCCC[C@H](NC(=O)O[C@H](Cn1cnc2cc(Cl)c(Cl)cc21)C(C)(C)C)[C@H](O)C(=O)Nc1ccccn1. The van der Waals surface area contributed by atoms with E-state index in [0.717, 1.165) is 23.9 Å². The number of halogens is 4. The predicted octanol–water partition coefficient (Wildman–Crippen LogP) is 10.9. The number of hydrogen-bond donors (Lipinski definition) is 6. The molecule has 4 amide bonds. The second-order valence-corrected chi connectivity index (χ2v) is 21.5. The first kappa shape index (κ1) is 59.1. The summed E-state index contributed by atoms with van der Waals surface area (Å²) in [5.41, 5.74) is 2.00. The topological polar surface area (TPSA) is 237 Å². The maximum atomic E-state index is 13.0. The number of imidazole rings is 2. The Bertz CT molecular complexity index is 2620. The summed E-state index contributed by atoms with van der Waals surface area (Å²) < 4.78 is 15.4. The molecule has 6 N–H and O–H groups in total. The molecule has 4 heterocycles. The molecule has 0 bridgehead atoms. The molecule has 0 saturated heterocycles. The van der Waals surface area contributed by atoms with E-state index in [1.165, 1.54) is 12.4 Å². The molecule has 74 heavy (non-hydrogen) atoms. The number of anilines is 2. The van der Waals surface area contributed by atoms with Crippen LogP contribution in [0.25, 0.3) is 22.1 Å². The van der Waals surface area contributed by atoms with Gasteiger partial charge in [0.15, 0.2) is 12.2 Å². The van der Waals surface area contributed by atoms with E-state index in [1.54, 1.807) is 73.3 Å². The fourth-order valence-electron chi connectivity index (χ4n) is 7.47. The fourth-order valence-corrected chi connectivity index (χ4v) is 8.10. The summed E-state index contributed by atoms with van der Waals surface area (Å²) in [6.45, 7) is 16.3. The van der Waals surface area contributed by atoms with Crippen LogP contribution in [-0.4, -0.2) is 99.8 Å². The summed E-state index contributed by atoms with van der Waals surface area (Å²) in [6, 6.07) is 15.2. The summed E-state index contributed by atoms with van der Waals surface area (Å²) in [5, 5.41) is 33.6. The second-order valence-electron chi connectivity index (χ2n) is 19.9. The maximum absolute atomic E-state index is 13.0. The van der Waals surface area contributed by atoms with Gasteiger partial charge in [0.25, 0.3) is 11.8 Å². The zero-order valence-corrected chi connectivity index (χ0v) is 45.8. The number of aliphatic hydroxyl groups excluding tert-OH is 2. The van der Waals surface area contributed by atoms with Crippen LogP contribution in [0.5, 0.6) is 0 Å². The highest BCUT2D eigenvalue weighted by Gasteiger charge is 2.35. The highest BCUT2D eigenvalue weighted by atomic mass is 35.5. The molecule has 0 unspecified atom stereocenters. The molecule has 4 aromatic heterocycles. The maximum Gasteiger partial charge on any atom is 0.407 e. The zero-order valence-electron chi connectivity index (χ0n) is 42.7. The molecule has 0 aliphatic rings. The van der Waals surface area contributed by atoms with Crippen molar-refractivity contribution in [3.8, 4) is 0 Å². The Labute approximate surface area is 451 Å². The van der Waals surface area contributed by atoms with Crippen molar-refractivity contribution >= 4 is 104 Å². The van der Waals surface area contributed by atoms with E-state index >= 15 is 0 Å². The third-order valence-electron chi connectivity index (χ3n) is 12.0. The van der Waals surface area contributed by atoms with E-state index < -0.39 is 71.3 Å². The lowest BCUT2D eigenvalue weighted by Gasteiger charge is -2.32. The number of rotatable bonds is 20. The van der Waals surface area contributed by atoms with Crippen molar-refractivity contribution in [3.63, 3.8) is 0 Å². The van der Waals surface area contributed by atoms with E-state index in [9.17, 15) is 29.4 Å². The Morgan fingerprint density at radius 2 is 0.946 bits per heavy atom. The van der Waals surface area contributed by atoms with Crippen LogP contribution in [0.15, 0.2) is 85.7 Å². The fraction of sp³-hybridized carbons (Fsp3) is 0.462. The number of aliphatic hydroxyl groups is 2. The van der Waals surface area contributed by atoms with Crippen LogP contribution >= 0.6 is 46.4 Å². The highest BCUT2D eigenvalue weighted by Crippen LogP contribution is 2.32. The number of pyridine rings is 2. The minimum atomic E-state index is -1.49. The number of hydrogen-bond acceptors (Lipinski definition) is 12. The van der Waals surface area contributed by atoms with Crippen LogP contribution in [0, 0.1) is 10.8 Å². The number of unbranched alkanes of at least 4 members (excludes halogenated alkanes) is 2. The molecule has 0 radical (unpaired) electrons. The first-order valence-corrected chi connectivity index (χ1v) is 25.8. The number of ether oxygens (including phenoxy) is 2. The summed E-state index contributed by atoms with van der Waals surface area (Å²) in [6.07, 6.45) is 4.65. The molecule has 18 nitrogen and oxygen atoms in total. The molecule has 2 aromatic carbocycles. The lowest BCUT2D eigenvalue weighted by molar-refractivity contribution is -0.126. The summed E-state index contributed by atoms with van der Waals surface area (Å²) in [5.74, 6) is -0.698. The van der Waals surface area contributed by atoms with Gasteiger partial charge >= 0.3 is 12.2 Å². The molecule has 0 aliphatic heterocycles. The number of nitrogens with one attached hydrogen (secondary N) is 4. The number of carbonyl (C=O) groups is 4. The van der Waals surface area contributed by atoms with Gasteiger partial charge in [0.2, 0.25) is 0 Å². The molecular formula is C52H66Cl4N10O8. The molecular weight excluding hydrogens is 1030 g/mol. The van der Waals surface area contributed by atoms with Gasteiger partial charge < -0.3 is 50.1 Å². The van der Waals surface area contributed by atoms with Crippen LogP contribution < -0.4 is 21.3 Å². The Kier molecular flexibility index (Phi) is 21.7. The van der Waals surface area contributed by atoms with Crippen molar-refractivity contribution in [2.75, 3.05) is 10.6 Å². The van der Waals surface area contributed by atoms with Gasteiger partial charge in [-0.25, -0.2) is 29.5 Å². The highest BCUT2D eigenvalue weighted by molar-refractivity contribution is 6.43. The van der Waals surface area contributed by atoms with Crippen molar-refractivity contribution < 1.29 is 38.9 Å². The van der Waals surface area contributed by atoms with Crippen LogP contribution in [0.2, 0.25) is 20.1 Å². The third kappa shape index (κ3) is 17.1. The van der Waals surface area contributed by atoms with Gasteiger partial charge in [-0.05, 0) is 61.4 Å². The van der Waals surface area contributed by atoms with Gasteiger partial charge in [-0.2, -0.15) is 0 Å². The second kappa shape index (κ2) is 27.2. The van der Waals surface area contributed by atoms with Gasteiger partial charge in [0.05, 0.1) is 80.0 Å². The Hall–Kier alpha value is -5.76. The van der Waals surface area contributed by atoms with Crippen molar-refractivity contribution in [1.29, 1.82) is 0 Å².